The lowest BCUT2D eigenvalue weighted by Gasteiger charge is -2.20. The SMILES string of the molecule is CCCCC/C=C\C/C=C\C/C=C\C/C=C\CCCCCC(=O)OC(COC(=O)CCCCCCCCCCCCCCCCCCCCCCC)COP(=O)(O)OCCNC. The molecule has 0 saturated carbocycles. The van der Waals surface area contributed by atoms with Crippen molar-refractivity contribution in [1.29, 1.82) is 0 Å². The number of unbranched alkanes of at least 4 members (excludes halogenated alkanes) is 26. The molecule has 0 bridgehead atoms. The number of hydrogen-bond acceptors (Lipinski definition) is 8. The molecule has 362 valence electrons. The molecule has 0 aromatic rings. The summed E-state index contributed by atoms with van der Waals surface area (Å²) in [6.45, 7) is 4.19. The predicted octanol–water partition coefficient (Wildman–Crippen LogP) is 15.3. The molecule has 62 heavy (non-hydrogen) atoms. The molecule has 2 N–H and O–H groups in total. The summed E-state index contributed by atoms with van der Waals surface area (Å²) in [5.74, 6) is -0.834. The van der Waals surface area contributed by atoms with Gasteiger partial charge in [0.1, 0.15) is 6.61 Å². The van der Waals surface area contributed by atoms with Gasteiger partial charge in [-0.2, -0.15) is 0 Å². The van der Waals surface area contributed by atoms with Gasteiger partial charge in [-0.25, -0.2) is 4.57 Å². The lowest BCUT2D eigenvalue weighted by atomic mass is 10.0. The van der Waals surface area contributed by atoms with Gasteiger partial charge >= 0.3 is 19.8 Å². The van der Waals surface area contributed by atoms with Crippen LogP contribution < -0.4 is 5.32 Å². The summed E-state index contributed by atoms with van der Waals surface area (Å²) in [5, 5.41) is 2.83. The van der Waals surface area contributed by atoms with E-state index in [2.05, 4.69) is 67.8 Å². The van der Waals surface area contributed by atoms with E-state index >= 15 is 0 Å². The van der Waals surface area contributed by atoms with Crippen LogP contribution in [0.15, 0.2) is 48.6 Å². The zero-order chi connectivity index (χ0) is 45.3. The van der Waals surface area contributed by atoms with Crippen molar-refractivity contribution in [2.75, 3.05) is 33.4 Å². The van der Waals surface area contributed by atoms with E-state index in [1.807, 2.05) is 0 Å². The minimum absolute atomic E-state index is 0.0235. The van der Waals surface area contributed by atoms with Gasteiger partial charge in [0, 0.05) is 19.4 Å². The Kier molecular flexibility index (Phi) is 46.8. The molecule has 0 aromatic heterocycles. The van der Waals surface area contributed by atoms with Crippen LogP contribution in [0, 0.1) is 0 Å². The normalized spacial score (nSPS) is 13.5. The topological polar surface area (TPSA) is 120 Å². The Morgan fingerprint density at radius 3 is 1.32 bits per heavy atom. The zero-order valence-electron chi connectivity index (χ0n) is 40.3. The van der Waals surface area contributed by atoms with Crippen LogP contribution in [0.25, 0.3) is 0 Å². The second-order valence-corrected chi connectivity index (χ2v) is 18.5. The van der Waals surface area contributed by atoms with E-state index in [4.69, 9.17) is 18.5 Å². The van der Waals surface area contributed by atoms with Gasteiger partial charge in [-0.3, -0.25) is 18.6 Å². The van der Waals surface area contributed by atoms with Crippen LogP contribution >= 0.6 is 7.82 Å². The molecule has 0 fully saturated rings. The van der Waals surface area contributed by atoms with Gasteiger partial charge in [-0.15, -0.1) is 0 Å². The first-order valence-electron chi connectivity index (χ1n) is 25.6. The lowest BCUT2D eigenvalue weighted by Crippen LogP contribution is -2.29. The highest BCUT2D eigenvalue weighted by Crippen LogP contribution is 2.43. The molecule has 0 amide bonds. The maximum absolute atomic E-state index is 12.7. The van der Waals surface area contributed by atoms with Crippen LogP contribution in [-0.2, 0) is 32.7 Å². The van der Waals surface area contributed by atoms with Crippen LogP contribution in [0.3, 0.4) is 0 Å². The predicted molar refractivity (Wildman–Crippen MR) is 261 cm³/mol. The molecule has 0 aliphatic carbocycles. The summed E-state index contributed by atoms with van der Waals surface area (Å²) >= 11 is 0. The van der Waals surface area contributed by atoms with Gasteiger partial charge in [-0.05, 0) is 64.8 Å². The van der Waals surface area contributed by atoms with E-state index in [9.17, 15) is 19.0 Å². The molecule has 0 spiro atoms. The number of phosphoric ester groups is 1. The average molecular weight is 894 g/mol. The Morgan fingerprint density at radius 2 is 0.871 bits per heavy atom. The number of rotatable bonds is 48. The van der Waals surface area contributed by atoms with Crippen LogP contribution in [0.2, 0.25) is 0 Å². The first kappa shape index (κ1) is 60.0. The van der Waals surface area contributed by atoms with Crippen molar-refractivity contribution in [3.63, 3.8) is 0 Å². The Hall–Kier alpha value is -2.03. The van der Waals surface area contributed by atoms with Crippen molar-refractivity contribution in [1.82, 2.24) is 5.32 Å². The van der Waals surface area contributed by atoms with E-state index in [1.165, 1.54) is 141 Å². The number of likely N-dealkylation sites (N-methyl/N-ethyl adjacent to an activating group) is 1. The Morgan fingerprint density at radius 1 is 0.500 bits per heavy atom. The van der Waals surface area contributed by atoms with E-state index in [0.29, 0.717) is 13.0 Å². The molecule has 10 heteroatoms. The van der Waals surface area contributed by atoms with Crippen molar-refractivity contribution in [2.24, 2.45) is 0 Å². The first-order chi connectivity index (χ1) is 30.3. The molecule has 0 aliphatic heterocycles. The van der Waals surface area contributed by atoms with Crippen molar-refractivity contribution in [3.05, 3.63) is 48.6 Å². The molecule has 0 saturated heterocycles. The molecule has 9 nitrogen and oxygen atoms in total. The van der Waals surface area contributed by atoms with Gasteiger partial charge in [0.05, 0.1) is 13.2 Å². The smallest absolute Gasteiger partial charge is 0.462 e. The summed E-state index contributed by atoms with van der Waals surface area (Å²) in [6, 6.07) is 0. The summed E-state index contributed by atoms with van der Waals surface area (Å²) < 4.78 is 33.3. The van der Waals surface area contributed by atoms with Crippen LogP contribution in [-0.4, -0.2) is 56.3 Å². The molecular formula is C52H96NO8P. The number of allylic oxidation sites excluding steroid dienone is 8. The highest BCUT2D eigenvalue weighted by molar-refractivity contribution is 7.47. The summed E-state index contributed by atoms with van der Waals surface area (Å²) in [4.78, 5) is 35.2. The third-order valence-corrected chi connectivity index (χ3v) is 11.9. The number of carbonyl (C=O) groups is 2. The van der Waals surface area contributed by atoms with Crippen molar-refractivity contribution < 1.29 is 37.6 Å². The van der Waals surface area contributed by atoms with Crippen molar-refractivity contribution >= 4 is 19.8 Å². The molecule has 2 atom stereocenters. The zero-order valence-corrected chi connectivity index (χ0v) is 41.2. The fourth-order valence-corrected chi connectivity index (χ4v) is 7.82. The molecule has 0 heterocycles. The van der Waals surface area contributed by atoms with Crippen LogP contribution in [0.4, 0.5) is 0 Å². The number of nitrogens with one attached hydrogen (secondary N) is 1. The highest BCUT2D eigenvalue weighted by atomic mass is 31.2. The fourth-order valence-electron chi connectivity index (χ4n) is 7.07. The third-order valence-electron chi connectivity index (χ3n) is 11.0. The minimum Gasteiger partial charge on any atom is -0.462 e. The van der Waals surface area contributed by atoms with Gasteiger partial charge < -0.3 is 19.7 Å². The average Bonchev–Trinajstić information content (AvgIpc) is 3.26. The molecular weight excluding hydrogens is 798 g/mol. The molecule has 2 unspecified atom stereocenters. The van der Waals surface area contributed by atoms with Crippen LogP contribution in [0.5, 0.6) is 0 Å². The molecule has 0 aliphatic rings. The molecule has 0 aromatic carbocycles. The molecule has 0 radical (unpaired) electrons. The van der Waals surface area contributed by atoms with Gasteiger partial charge in [0.2, 0.25) is 0 Å². The number of carbonyl (C=O) groups excluding carboxylic acids is 2. The van der Waals surface area contributed by atoms with Gasteiger partial charge in [0.15, 0.2) is 6.10 Å². The Labute approximate surface area is 381 Å². The van der Waals surface area contributed by atoms with Crippen molar-refractivity contribution in [3.8, 4) is 0 Å². The number of phosphoric acid groups is 1. The maximum Gasteiger partial charge on any atom is 0.472 e. The first-order valence-corrected chi connectivity index (χ1v) is 27.1. The summed E-state index contributed by atoms with van der Waals surface area (Å²) in [6.07, 6.45) is 55.9. The third kappa shape index (κ3) is 47.4. The summed E-state index contributed by atoms with van der Waals surface area (Å²) in [5.41, 5.74) is 0. The second-order valence-electron chi connectivity index (χ2n) is 17.0. The Balaban J connectivity index is 4.15. The highest BCUT2D eigenvalue weighted by Gasteiger charge is 2.26. The van der Waals surface area contributed by atoms with E-state index in [1.54, 1.807) is 7.05 Å². The van der Waals surface area contributed by atoms with Crippen molar-refractivity contribution in [2.45, 2.75) is 238 Å². The second kappa shape index (κ2) is 48.4. The number of ether oxygens (including phenoxy) is 2. The Bertz CT molecular complexity index is 1160. The van der Waals surface area contributed by atoms with Gasteiger partial charge in [-0.1, -0.05) is 210 Å². The van der Waals surface area contributed by atoms with E-state index < -0.39 is 26.5 Å². The molecule has 0 rings (SSSR count). The minimum atomic E-state index is -4.36. The lowest BCUT2D eigenvalue weighted by molar-refractivity contribution is -0.161. The van der Waals surface area contributed by atoms with Gasteiger partial charge in [0.25, 0.3) is 0 Å². The largest absolute Gasteiger partial charge is 0.472 e. The monoisotopic (exact) mass is 894 g/mol. The fraction of sp³-hybridized carbons (Fsp3) is 0.808. The van der Waals surface area contributed by atoms with E-state index in [0.717, 1.165) is 57.8 Å². The standard InChI is InChI=1S/C52H96NO8P/c1-4-6-8-10-12-14-16-18-20-22-24-25-27-28-30-32-34-36-38-40-42-44-51(54)58-48-50(49-60-62(56,57)59-47-46-53-3)61-52(55)45-43-41-39-37-35-33-31-29-26-23-21-19-17-15-13-11-9-7-5-2/h13,15,19,21,26,29,33,35,50,53H,4-12,14,16-18,20,22-25,27-28,30-32,34,36-49H2,1-3H3,(H,56,57)/b15-13-,21-19-,29-26-,35-33-. The van der Waals surface area contributed by atoms with E-state index in [-0.39, 0.29) is 32.0 Å². The quantitative estimate of drug-likeness (QED) is 0.0266. The maximum atomic E-state index is 12.7. The summed E-state index contributed by atoms with van der Waals surface area (Å²) in [7, 11) is -2.66. The number of hydrogen-bond donors (Lipinski definition) is 2. The van der Waals surface area contributed by atoms with Crippen LogP contribution in [0.1, 0.15) is 232 Å². The number of esters is 2.